The van der Waals surface area contributed by atoms with Gasteiger partial charge in [0.2, 0.25) is 0 Å². The van der Waals surface area contributed by atoms with Crippen LogP contribution in [-0.2, 0) is 18.8 Å². The van der Waals surface area contributed by atoms with E-state index in [2.05, 4.69) is 29.0 Å². The molecule has 0 aromatic heterocycles. The highest BCUT2D eigenvalue weighted by Gasteiger charge is 2.27. The molecule has 0 radical (unpaired) electrons. The van der Waals surface area contributed by atoms with E-state index in [4.69, 9.17) is 4.43 Å². The third-order valence-corrected chi connectivity index (χ3v) is 3.05. The second-order valence-corrected chi connectivity index (χ2v) is 4.11. The third kappa shape index (κ3) is 2.56. The Labute approximate surface area is 96.1 Å². The van der Waals surface area contributed by atoms with Gasteiger partial charge in [-0.2, -0.15) is 0 Å². The highest BCUT2D eigenvalue weighted by Crippen LogP contribution is 2.32. The van der Waals surface area contributed by atoms with Crippen molar-refractivity contribution in [2.45, 2.75) is 18.9 Å². The first-order chi connectivity index (χ1) is 7.70. The Bertz CT molecular complexity index is 412. The van der Waals surface area contributed by atoms with Gasteiger partial charge in [0, 0.05) is 6.42 Å². The predicted molar refractivity (Wildman–Crippen MR) is 60.6 cm³/mol. The summed E-state index contributed by atoms with van der Waals surface area (Å²) < 4.78 is 9.17. The van der Waals surface area contributed by atoms with Gasteiger partial charge in [-0.05, 0) is 23.6 Å². The van der Waals surface area contributed by atoms with Crippen LogP contribution in [0.1, 0.15) is 12.8 Å². The van der Waals surface area contributed by atoms with Crippen LogP contribution in [0.2, 0.25) is 0 Å². The second kappa shape index (κ2) is 4.59. The van der Waals surface area contributed by atoms with Crippen molar-refractivity contribution in [1.29, 1.82) is 0 Å². The number of carbonyl (C=O) groups is 2. The first kappa shape index (κ1) is 11.0. The van der Waals surface area contributed by atoms with Gasteiger partial charge in [0.15, 0.2) is 0 Å². The molecule has 0 bridgehead atoms. The number of rotatable bonds is 1. The maximum absolute atomic E-state index is 10.7. The highest BCUT2D eigenvalue weighted by molar-refractivity contribution is 6.00. The summed E-state index contributed by atoms with van der Waals surface area (Å²) in [5.74, 6) is -0.980. The van der Waals surface area contributed by atoms with Crippen LogP contribution in [0.15, 0.2) is 24.3 Å². The molecule has 1 fully saturated rings. The second-order valence-electron chi connectivity index (χ2n) is 3.64. The van der Waals surface area contributed by atoms with Gasteiger partial charge in [-0.3, -0.25) is 4.79 Å². The minimum absolute atomic E-state index is 0.290. The fraction of sp³-hybridized carbons (Fsp3) is 0.273. The van der Waals surface area contributed by atoms with Crippen LogP contribution in [0.25, 0.3) is 11.1 Å². The molecule has 0 aromatic rings. The summed E-state index contributed by atoms with van der Waals surface area (Å²) in [7, 11) is 0.499. The van der Waals surface area contributed by atoms with Crippen LogP contribution in [0.4, 0.5) is 0 Å². The molecular weight excluding hydrogens is 224 g/mol. The van der Waals surface area contributed by atoms with Crippen LogP contribution in [0.5, 0.6) is 0 Å². The lowest BCUT2D eigenvalue weighted by Crippen LogP contribution is -2.33. The molecule has 1 unspecified atom stereocenters. The van der Waals surface area contributed by atoms with Crippen molar-refractivity contribution in [1.82, 2.24) is 0 Å². The monoisotopic (exact) mass is 236 g/mol. The van der Waals surface area contributed by atoms with E-state index in [1.54, 1.807) is 0 Å². The summed E-state index contributed by atoms with van der Waals surface area (Å²) in [5, 5.41) is 0. The van der Waals surface area contributed by atoms with Crippen molar-refractivity contribution in [3.8, 4) is 11.1 Å². The standard InChI is InChI=1S/C6H4.C5H8O4Si/c1-2-5-4-6(5)3-1;6-4-2-1-3(9-10)5(7)8-4/h1-4H;3H,1-2H2,10H3. The van der Waals surface area contributed by atoms with E-state index in [-0.39, 0.29) is 0 Å². The molecule has 0 spiro atoms. The van der Waals surface area contributed by atoms with E-state index in [0.29, 0.717) is 23.3 Å². The molecule has 0 aromatic carbocycles. The molecular formula is C11H12O4Si. The number of hydrogen-bond acceptors (Lipinski definition) is 4. The van der Waals surface area contributed by atoms with E-state index in [9.17, 15) is 9.59 Å². The van der Waals surface area contributed by atoms with E-state index in [1.807, 2.05) is 0 Å². The first-order valence-corrected chi connectivity index (χ1v) is 5.90. The molecule has 0 N–H and O–H groups in total. The molecule has 1 atom stereocenters. The van der Waals surface area contributed by atoms with E-state index < -0.39 is 18.0 Å². The summed E-state index contributed by atoms with van der Waals surface area (Å²) in [6.45, 7) is 0. The van der Waals surface area contributed by atoms with Gasteiger partial charge in [0.05, 0.1) is 0 Å². The van der Waals surface area contributed by atoms with Gasteiger partial charge in [-0.15, -0.1) is 0 Å². The minimum atomic E-state index is -0.536. The summed E-state index contributed by atoms with van der Waals surface area (Å²) in [6, 6.07) is 8.48. The maximum atomic E-state index is 10.7. The number of cyclic esters (lactones) is 2. The number of benzene rings is 1. The Balaban J connectivity index is 0.000000134. The van der Waals surface area contributed by atoms with Gasteiger partial charge in [0.1, 0.15) is 16.6 Å². The topological polar surface area (TPSA) is 52.6 Å². The van der Waals surface area contributed by atoms with E-state index in [0.717, 1.165) is 0 Å². The van der Waals surface area contributed by atoms with Crippen molar-refractivity contribution in [2.24, 2.45) is 0 Å². The molecule has 0 saturated carbocycles. The zero-order chi connectivity index (χ0) is 11.5. The predicted octanol–water partition coefficient (Wildman–Crippen LogP) is 0.183. The quantitative estimate of drug-likeness (QED) is 0.403. The largest absolute Gasteiger partial charge is 0.415 e. The minimum Gasteiger partial charge on any atom is -0.415 e. The number of carbonyl (C=O) groups excluding carboxylic acids is 2. The Morgan fingerprint density at radius 1 is 1.31 bits per heavy atom. The molecule has 3 aliphatic rings. The first-order valence-electron chi connectivity index (χ1n) is 5.08. The Morgan fingerprint density at radius 2 is 2.00 bits per heavy atom. The summed E-state index contributed by atoms with van der Waals surface area (Å²) >= 11 is 0. The molecule has 1 saturated heterocycles. The molecule has 1 heterocycles. The van der Waals surface area contributed by atoms with Gasteiger partial charge < -0.3 is 9.16 Å². The molecule has 3 rings (SSSR count). The molecule has 84 valence electrons. The Kier molecular flexibility index (Phi) is 3.16. The van der Waals surface area contributed by atoms with Crippen LogP contribution in [0.3, 0.4) is 0 Å². The number of ether oxygens (including phenoxy) is 1. The van der Waals surface area contributed by atoms with Crippen molar-refractivity contribution in [3.05, 3.63) is 24.3 Å². The zero-order valence-corrected chi connectivity index (χ0v) is 10.9. The zero-order valence-electron chi connectivity index (χ0n) is 8.93. The average Bonchev–Trinajstić information content (AvgIpc) is 2.87. The summed E-state index contributed by atoms with van der Waals surface area (Å²) in [5.41, 5.74) is 2.85. The van der Waals surface area contributed by atoms with Gasteiger partial charge in [-0.1, -0.05) is 18.2 Å². The molecule has 0 amide bonds. The van der Waals surface area contributed by atoms with Gasteiger partial charge in [0.25, 0.3) is 0 Å². The van der Waals surface area contributed by atoms with Gasteiger partial charge >= 0.3 is 11.9 Å². The number of fused-ring (bicyclic) bond motifs is 1. The van der Waals surface area contributed by atoms with Crippen molar-refractivity contribution in [3.63, 3.8) is 0 Å². The fourth-order valence-electron chi connectivity index (χ4n) is 1.49. The van der Waals surface area contributed by atoms with Crippen LogP contribution < -0.4 is 0 Å². The average molecular weight is 236 g/mol. The highest BCUT2D eigenvalue weighted by atomic mass is 28.2. The molecule has 16 heavy (non-hydrogen) atoms. The van der Waals surface area contributed by atoms with Crippen molar-refractivity contribution < 1.29 is 18.8 Å². The SMILES string of the molecule is O=C1CCC(O[SiH3])C(=O)O1.c1cc2cc-2c1. The Hall–Kier alpha value is -1.46. The summed E-state index contributed by atoms with van der Waals surface area (Å²) in [4.78, 5) is 21.1. The summed E-state index contributed by atoms with van der Waals surface area (Å²) in [6.07, 6.45) is 0.282. The third-order valence-electron chi connectivity index (χ3n) is 2.49. The van der Waals surface area contributed by atoms with E-state index in [1.165, 1.54) is 11.1 Å². The van der Waals surface area contributed by atoms with Crippen LogP contribution in [-0.4, -0.2) is 28.5 Å². The lowest BCUT2D eigenvalue weighted by atomic mass is 10.1. The smallest absolute Gasteiger partial charge is 0.341 e. The van der Waals surface area contributed by atoms with Gasteiger partial charge in [-0.25, -0.2) is 4.79 Å². The van der Waals surface area contributed by atoms with Crippen LogP contribution >= 0.6 is 0 Å². The lowest BCUT2D eigenvalue weighted by Gasteiger charge is -2.17. The Morgan fingerprint density at radius 3 is 2.38 bits per heavy atom. The van der Waals surface area contributed by atoms with Crippen LogP contribution in [0, 0.1) is 0 Å². The molecule has 5 heteroatoms. The number of hydrogen-bond donors (Lipinski definition) is 0. The van der Waals surface area contributed by atoms with Crippen molar-refractivity contribution in [2.75, 3.05) is 0 Å². The molecule has 4 nitrogen and oxygen atoms in total. The van der Waals surface area contributed by atoms with E-state index >= 15 is 0 Å². The molecule has 1 aliphatic heterocycles. The molecule has 2 aliphatic carbocycles. The maximum Gasteiger partial charge on any atom is 0.341 e. The van der Waals surface area contributed by atoms with Crippen molar-refractivity contribution >= 4 is 22.4 Å². The lowest BCUT2D eigenvalue weighted by molar-refractivity contribution is -0.170. The fourth-order valence-corrected chi connectivity index (χ4v) is 1.91. The normalized spacial score (nSPS) is 20.9. The number of esters is 2.